The predicted molar refractivity (Wildman–Crippen MR) is 70.7 cm³/mol. The molecule has 0 aliphatic heterocycles. The van der Waals surface area contributed by atoms with Crippen molar-refractivity contribution in [1.29, 1.82) is 0 Å². The number of hydrogen-bond acceptors (Lipinski definition) is 1. The highest BCUT2D eigenvalue weighted by Gasteiger charge is 2.49. The van der Waals surface area contributed by atoms with E-state index in [1.807, 2.05) is 6.07 Å². The molecule has 0 radical (unpaired) electrons. The fourth-order valence-corrected chi connectivity index (χ4v) is 3.00. The van der Waals surface area contributed by atoms with Gasteiger partial charge in [0.25, 0.3) is 0 Å². The van der Waals surface area contributed by atoms with Crippen molar-refractivity contribution < 1.29 is 0 Å². The molecule has 0 spiro atoms. The molecule has 2 atom stereocenters. The first-order valence-electron chi connectivity index (χ1n) is 5.12. The molecular weight excluding hydrogens is 318 g/mol. The molecule has 0 heterocycles. The molecule has 82 valence electrons. The average molecular weight is 333 g/mol. The van der Waals surface area contributed by atoms with E-state index in [1.54, 1.807) is 0 Å². The van der Waals surface area contributed by atoms with Crippen molar-refractivity contribution in [3.8, 4) is 0 Å². The van der Waals surface area contributed by atoms with Gasteiger partial charge in [0.05, 0.1) is 0 Å². The van der Waals surface area contributed by atoms with Crippen LogP contribution in [-0.2, 0) is 0 Å². The van der Waals surface area contributed by atoms with Crippen LogP contribution in [-0.4, -0.2) is 0 Å². The van der Waals surface area contributed by atoms with Gasteiger partial charge < -0.3 is 5.73 Å². The van der Waals surface area contributed by atoms with Crippen molar-refractivity contribution in [2.45, 2.75) is 26.3 Å². The fraction of sp³-hybridized carbons (Fsp3) is 0.500. The smallest absolute Gasteiger partial charge is 0.0340 e. The van der Waals surface area contributed by atoms with Crippen LogP contribution in [0.25, 0.3) is 0 Å². The molecule has 1 aromatic rings. The highest BCUT2D eigenvalue weighted by molar-refractivity contribution is 9.11. The maximum absolute atomic E-state index is 6.29. The van der Waals surface area contributed by atoms with Crippen molar-refractivity contribution in [2.75, 3.05) is 0 Å². The van der Waals surface area contributed by atoms with E-state index in [9.17, 15) is 0 Å². The standard InChI is InChI=1S/C12H15Br2N/c1-12(2)6-9(12)11(15)8-5-7(13)3-4-10(8)14/h3-5,9,11H,6,15H2,1-2H3. The van der Waals surface area contributed by atoms with Crippen LogP contribution in [0.5, 0.6) is 0 Å². The summed E-state index contributed by atoms with van der Waals surface area (Å²) in [6.45, 7) is 4.56. The summed E-state index contributed by atoms with van der Waals surface area (Å²) in [6, 6.07) is 6.34. The van der Waals surface area contributed by atoms with Gasteiger partial charge in [-0.25, -0.2) is 0 Å². The van der Waals surface area contributed by atoms with E-state index in [1.165, 1.54) is 12.0 Å². The summed E-state index contributed by atoms with van der Waals surface area (Å²) < 4.78 is 2.20. The molecule has 0 bridgehead atoms. The van der Waals surface area contributed by atoms with Gasteiger partial charge in [-0.15, -0.1) is 0 Å². The first-order chi connectivity index (χ1) is 6.92. The van der Waals surface area contributed by atoms with Crippen molar-refractivity contribution in [3.05, 3.63) is 32.7 Å². The van der Waals surface area contributed by atoms with E-state index >= 15 is 0 Å². The lowest BCUT2D eigenvalue weighted by Gasteiger charge is -2.16. The summed E-state index contributed by atoms with van der Waals surface area (Å²) in [7, 11) is 0. The Morgan fingerprint density at radius 3 is 2.53 bits per heavy atom. The lowest BCUT2D eigenvalue weighted by molar-refractivity contribution is 0.490. The van der Waals surface area contributed by atoms with Crippen molar-refractivity contribution in [2.24, 2.45) is 17.1 Å². The van der Waals surface area contributed by atoms with Gasteiger partial charge >= 0.3 is 0 Å². The van der Waals surface area contributed by atoms with Gasteiger partial charge in [0.2, 0.25) is 0 Å². The minimum atomic E-state index is 0.145. The Hall–Kier alpha value is 0.140. The largest absolute Gasteiger partial charge is 0.324 e. The normalized spacial score (nSPS) is 25.0. The monoisotopic (exact) mass is 331 g/mol. The molecule has 3 heteroatoms. The SMILES string of the molecule is CC1(C)CC1C(N)c1cc(Br)ccc1Br. The summed E-state index contributed by atoms with van der Waals surface area (Å²) in [5, 5.41) is 0. The zero-order valence-corrected chi connectivity index (χ0v) is 12.1. The Kier molecular flexibility index (Phi) is 2.99. The number of benzene rings is 1. The Morgan fingerprint density at radius 2 is 2.00 bits per heavy atom. The van der Waals surface area contributed by atoms with Crippen LogP contribution in [0.3, 0.4) is 0 Å². The highest BCUT2D eigenvalue weighted by atomic mass is 79.9. The number of hydrogen-bond donors (Lipinski definition) is 1. The van der Waals surface area contributed by atoms with Crippen LogP contribution in [0.4, 0.5) is 0 Å². The van der Waals surface area contributed by atoms with Crippen LogP contribution in [0.15, 0.2) is 27.1 Å². The molecule has 0 aromatic heterocycles. The number of nitrogens with two attached hydrogens (primary N) is 1. The van der Waals surface area contributed by atoms with E-state index in [0.717, 1.165) is 8.95 Å². The van der Waals surface area contributed by atoms with Crippen LogP contribution in [0.2, 0.25) is 0 Å². The molecule has 1 nitrogen and oxygen atoms in total. The highest BCUT2D eigenvalue weighted by Crippen LogP contribution is 2.57. The third-order valence-corrected chi connectivity index (χ3v) is 4.56. The second-order valence-corrected chi connectivity index (χ2v) is 6.76. The topological polar surface area (TPSA) is 26.0 Å². The van der Waals surface area contributed by atoms with Gasteiger partial charge in [-0.05, 0) is 41.5 Å². The van der Waals surface area contributed by atoms with Crippen molar-refractivity contribution >= 4 is 31.9 Å². The quantitative estimate of drug-likeness (QED) is 0.860. The second kappa shape index (κ2) is 3.86. The summed E-state index contributed by atoms with van der Waals surface area (Å²) in [4.78, 5) is 0. The predicted octanol–water partition coefficient (Wildman–Crippen LogP) is 4.26. The summed E-state index contributed by atoms with van der Waals surface area (Å²) >= 11 is 7.05. The molecule has 2 unspecified atom stereocenters. The van der Waals surface area contributed by atoms with E-state index in [0.29, 0.717) is 11.3 Å². The van der Waals surface area contributed by atoms with Gasteiger partial charge in [0, 0.05) is 15.0 Å². The van der Waals surface area contributed by atoms with Gasteiger partial charge in [0.15, 0.2) is 0 Å². The molecule has 1 aromatic carbocycles. The zero-order valence-electron chi connectivity index (χ0n) is 8.93. The van der Waals surface area contributed by atoms with Gasteiger partial charge in [-0.3, -0.25) is 0 Å². The lowest BCUT2D eigenvalue weighted by atomic mass is 9.98. The molecular formula is C12H15Br2N. The van der Waals surface area contributed by atoms with E-state index < -0.39 is 0 Å². The maximum atomic E-state index is 6.29. The average Bonchev–Trinajstić information content (AvgIpc) is 2.78. The van der Waals surface area contributed by atoms with E-state index in [4.69, 9.17) is 5.73 Å². The second-order valence-electron chi connectivity index (χ2n) is 4.99. The van der Waals surface area contributed by atoms with Gasteiger partial charge in [-0.1, -0.05) is 45.7 Å². The Balaban J connectivity index is 2.26. The molecule has 1 saturated carbocycles. The van der Waals surface area contributed by atoms with E-state index in [2.05, 4.69) is 57.8 Å². The first-order valence-corrected chi connectivity index (χ1v) is 6.71. The minimum Gasteiger partial charge on any atom is -0.324 e. The third kappa shape index (κ3) is 2.29. The maximum Gasteiger partial charge on any atom is 0.0340 e. The van der Waals surface area contributed by atoms with Crippen molar-refractivity contribution in [1.82, 2.24) is 0 Å². The molecule has 0 amide bonds. The minimum absolute atomic E-state index is 0.145. The molecule has 1 aliphatic carbocycles. The molecule has 1 aliphatic rings. The number of halogens is 2. The van der Waals surface area contributed by atoms with Crippen molar-refractivity contribution in [3.63, 3.8) is 0 Å². The molecule has 1 fully saturated rings. The summed E-state index contributed by atoms with van der Waals surface area (Å²) in [6.07, 6.45) is 1.23. The van der Waals surface area contributed by atoms with Gasteiger partial charge in [0.1, 0.15) is 0 Å². The first kappa shape index (κ1) is 11.6. The van der Waals surface area contributed by atoms with Crippen LogP contribution >= 0.6 is 31.9 Å². The van der Waals surface area contributed by atoms with Crippen LogP contribution in [0, 0.1) is 11.3 Å². The van der Waals surface area contributed by atoms with Crippen LogP contribution in [0.1, 0.15) is 31.9 Å². The Morgan fingerprint density at radius 1 is 1.40 bits per heavy atom. The lowest BCUT2D eigenvalue weighted by Crippen LogP contribution is -2.16. The summed E-state index contributed by atoms with van der Waals surface area (Å²) in [5.74, 6) is 0.614. The summed E-state index contributed by atoms with van der Waals surface area (Å²) in [5.41, 5.74) is 7.92. The van der Waals surface area contributed by atoms with E-state index in [-0.39, 0.29) is 6.04 Å². The molecule has 2 rings (SSSR count). The Labute approximate surface area is 108 Å². The fourth-order valence-electron chi connectivity index (χ4n) is 2.11. The number of rotatable bonds is 2. The molecule has 15 heavy (non-hydrogen) atoms. The van der Waals surface area contributed by atoms with Crippen LogP contribution < -0.4 is 5.73 Å². The molecule has 0 saturated heterocycles. The molecule has 2 N–H and O–H groups in total. The zero-order chi connectivity index (χ0) is 11.2. The Bertz CT molecular complexity index is 387. The third-order valence-electron chi connectivity index (χ3n) is 3.34. The van der Waals surface area contributed by atoms with Gasteiger partial charge in [-0.2, -0.15) is 0 Å².